The van der Waals surface area contributed by atoms with Crippen molar-refractivity contribution in [3.63, 3.8) is 0 Å². The topological polar surface area (TPSA) is 89.3 Å². The number of carbonyl (C=O) groups excluding carboxylic acids is 1. The molecule has 0 radical (unpaired) electrons. The lowest BCUT2D eigenvalue weighted by molar-refractivity contribution is -0.119. The van der Waals surface area contributed by atoms with Crippen molar-refractivity contribution in [2.24, 2.45) is 5.92 Å². The Hall–Kier alpha value is -2.93. The minimum atomic E-state index is -0.643. The molecule has 1 unspecified atom stereocenters. The van der Waals surface area contributed by atoms with Crippen LogP contribution in [0.25, 0.3) is 22.3 Å². The molecular weight excluding hydrogens is 392 g/mol. The van der Waals surface area contributed by atoms with Crippen molar-refractivity contribution in [3.8, 4) is 17.1 Å². The second kappa shape index (κ2) is 6.79. The van der Waals surface area contributed by atoms with Crippen molar-refractivity contribution in [3.05, 3.63) is 42.2 Å². The van der Waals surface area contributed by atoms with Gasteiger partial charge in [0.25, 0.3) is 0 Å². The SMILES string of the molecule is CC(Oc1nc(-c2ccc(C3(O)CC3)cc2)cc2ncn(C3CC3)c12)[C@H]1CNC(=O)C1. The molecule has 2 aliphatic carbocycles. The number of rotatable bonds is 6. The van der Waals surface area contributed by atoms with Crippen LogP contribution >= 0.6 is 0 Å². The number of hydrogen-bond acceptors (Lipinski definition) is 5. The predicted molar refractivity (Wildman–Crippen MR) is 116 cm³/mol. The number of nitrogens with zero attached hydrogens (tertiary/aromatic N) is 3. The zero-order chi connectivity index (χ0) is 21.2. The van der Waals surface area contributed by atoms with Gasteiger partial charge in [-0.25, -0.2) is 9.97 Å². The molecule has 0 bridgehead atoms. The van der Waals surface area contributed by atoms with E-state index in [0.717, 1.165) is 53.5 Å². The van der Waals surface area contributed by atoms with E-state index in [1.54, 1.807) is 0 Å². The van der Waals surface area contributed by atoms with Crippen LogP contribution in [0.1, 0.15) is 50.6 Å². The number of ether oxygens (including phenoxy) is 1. The van der Waals surface area contributed by atoms with Gasteiger partial charge in [0.15, 0.2) is 0 Å². The molecule has 31 heavy (non-hydrogen) atoms. The fourth-order valence-corrected chi connectivity index (χ4v) is 4.47. The normalized spacial score (nSPS) is 23.0. The van der Waals surface area contributed by atoms with E-state index in [0.29, 0.717) is 24.9 Å². The van der Waals surface area contributed by atoms with Crippen molar-refractivity contribution in [2.75, 3.05) is 6.54 Å². The molecule has 2 saturated carbocycles. The van der Waals surface area contributed by atoms with Gasteiger partial charge in [-0.2, -0.15) is 0 Å². The van der Waals surface area contributed by atoms with E-state index in [-0.39, 0.29) is 17.9 Å². The van der Waals surface area contributed by atoms with E-state index in [2.05, 4.69) is 14.9 Å². The monoisotopic (exact) mass is 418 g/mol. The summed E-state index contributed by atoms with van der Waals surface area (Å²) >= 11 is 0. The highest BCUT2D eigenvalue weighted by Gasteiger charge is 2.42. The lowest BCUT2D eigenvalue weighted by atomic mass is 10.0. The standard InChI is InChI=1S/C24H26N4O3/c1-14(16-10-21(29)25-12-16)31-23-22-20(26-13-28(22)18-6-7-18)11-19(27-23)15-2-4-17(5-3-15)24(30)8-9-24/h2-5,11,13-14,16,18,30H,6-10,12H2,1H3,(H,25,29)/t14?,16-/m1/s1. The van der Waals surface area contributed by atoms with Crippen LogP contribution in [0.5, 0.6) is 5.88 Å². The number of fused-ring (bicyclic) bond motifs is 1. The van der Waals surface area contributed by atoms with Crippen LogP contribution in [0.15, 0.2) is 36.7 Å². The minimum Gasteiger partial charge on any atom is -0.473 e. The second-order valence-corrected chi connectivity index (χ2v) is 9.26. The van der Waals surface area contributed by atoms with E-state index in [9.17, 15) is 9.90 Å². The summed E-state index contributed by atoms with van der Waals surface area (Å²) in [5.74, 6) is 0.783. The molecular formula is C24H26N4O3. The molecule has 3 heterocycles. The van der Waals surface area contributed by atoms with Crippen molar-refractivity contribution < 1.29 is 14.6 Å². The third kappa shape index (κ3) is 3.37. The molecule has 2 aromatic heterocycles. The Morgan fingerprint density at radius 1 is 1.26 bits per heavy atom. The molecule has 3 fully saturated rings. The van der Waals surface area contributed by atoms with E-state index in [1.807, 2.05) is 43.6 Å². The zero-order valence-corrected chi connectivity index (χ0v) is 17.5. The van der Waals surface area contributed by atoms with E-state index < -0.39 is 5.60 Å². The van der Waals surface area contributed by atoms with E-state index >= 15 is 0 Å². The van der Waals surface area contributed by atoms with Crippen molar-refractivity contribution in [1.82, 2.24) is 19.9 Å². The maximum absolute atomic E-state index is 11.7. The number of imidazole rings is 1. The molecule has 3 aromatic rings. The lowest BCUT2D eigenvalue weighted by Crippen LogP contribution is -2.26. The van der Waals surface area contributed by atoms with Crippen LogP contribution in [0.3, 0.4) is 0 Å². The number of amides is 1. The molecule has 6 rings (SSSR count). The molecule has 2 atom stereocenters. The van der Waals surface area contributed by atoms with Gasteiger partial charge in [0.05, 0.1) is 23.1 Å². The quantitative estimate of drug-likeness (QED) is 0.641. The van der Waals surface area contributed by atoms with Crippen molar-refractivity contribution in [2.45, 2.75) is 56.8 Å². The van der Waals surface area contributed by atoms with Crippen LogP contribution in [-0.2, 0) is 10.4 Å². The fraction of sp³-hybridized carbons (Fsp3) is 0.458. The molecule has 2 N–H and O–H groups in total. The lowest BCUT2D eigenvalue weighted by Gasteiger charge is -2.20. The first-order valence-corrected chi connectivity index (χ1v) is 11.1. The largest absolute Gasteiger partial charge is 0.473 e. The fourth-order valence-electron chi connectivity index (χ4n) is 4.47. The van der Waals surface area contributed by atoms with Gasteiger partial charge in [-0.1, -0.05) is 24.3 Å². The van der Waals surface area contributed by atoms with E-state index in [1.165, 1.54) is 0 Å². The summed E-state index contributed by atoms with van der Waals surface area (Å²) in [5, 5.41) is 13.2. The Morgan fingerprint density at radius 2 is 2.03 bits per heavy atom. The van der Waals surface area contributed by atoms with Crippen LogP contribution in [0.4, 0.5) is 0 Å². The Kier molecular flexibility index (Phi) is 4.12. The molecule has 7 nitrogen and oxygen atoms in total. The van der Waals surface area contributed by atoms with E-state index in [4.69, 9.17) is 9.72 Å². The van der Waals surface area contributed by atoms with Gasteiger partial charge in [-0.3, -0.25) is 4.79 Å². The number of aromatic nitrogens is 3. The number of nitrogens with one attached hydrogen (secondary N) is 1. The zero-order valence-electron chi connectivity index (χ0n) is 17.5. The summed E-state index contributed by atoms with van der Waals surface area (Å²) in [6.07, 6.45) is 6.17. The molecule has 1 aromatic carbocycles. The Bertz CT molecular complexity index is 1160. The van der Waals surface area contributed by atoms with Crippen molar-refractivity contribution >= 4 is 16.9 Å². The van der Waals surface area contributed by atoms with Crippen molar-refractivity contribution in [1.29, 1.82) is 0 Å². The highest BCUT2D eigenvalue weighted by atomic mass is 16.5. The van der Waals surface area contributed by atoms with Gasteiger partial charge in [0, 0.05) is 30.5 Å². The van der Waals surface area contributed by atoms with Crippen LogP contribution < -0.4 is 10.1 Å². The Morgan fingerprint density at radius 3 is 2.68 bits per heavy atom. The number of hydrogen-bond donors (Lipinski definition) is 2. The smallest absolute Gasteiger partial charge is 0.241 e. The first kappa shape index (κ1) is 18.8. The summed E-state index contributed by atoms with van der Waals surface area (Å²) < 4.78 is 8.56. The summed E-state index contributed by atoms with van der Waals surface area (Å²) in [4.78, 5) is 21.2. The number of carbonyl (C=O) groups is 1. The van der Waals surface area contributed by atoms with Gasteiger partial charge in [0.2, 0.25) is 11.8 Å². The molecule has 160 valence electrons. The van der Waals surface area contributed by atoms with Gasteiger partial charge in [0.1, 0.15) is 11.6 Å². The van der Waals surface area contributed by atoms with Crippen LogP contribution in [0.2, 0.25) is 0 Å². The molecule has 1 aliphatic heterocycles. The first-order valence-electron chi connectivity index (χ1n) is 11.1. The minimum absolute atomic E-state index is 0.0766. The predicted octanol–water partition coefficient (Wildman–Crippen LogP) is 3.32. The second-order valence-electron chi connectivity index (χ2n) is 9.26. The molecule has 0 spiro atoms. The average Bonchev–Trinajstić information content (AvgIpc) is 3.67. The van der Waals surface area contributed by atoms with Gasteiger partial charge in [-0.05, 0) is 44.2 Å². The van der Waals surface area contributed by atoms with Crippen LogP contribution in [-0.4, -0.2) is 38.2 Å². The number of pyridine rings is 1. The van der Waals surface area contributed by atoms with Crippen LogP contribution in [0, 0.1) is 5.92 Å². The first-order chi connectivity index (χ1) is 15.0. The average molecular weight is 418 g/mol. The molecule has 7 heteroatoms. The molecule has 1 amide bonds. The molecule has 1 saturated heterocycles. The number of benzene rings is 1. The Balaban J connectivity index is 1.38. The summed E-state index contributed by atoms with van der Waals surface area (Å²) in [7, 11) is 0. The maximum Gasteiger partial charge on any atom is 0.241 e. The summed E-state index contributed by atoms with van der Waals surface area (Å²) in [6.45, 7) is 2.64. The Labute approximate surface area is 180 Å². The summed E-state index contributed by atoms with van der Waals surface area (Å²) in [5.41, 5.74) is 3.87. The maximum atomic E-state index is 11.7. The summed E-state index contributed by atoms with van der Waals surface area (Å²) in [6, 6.07) is 10.4. The third-order valence-corrected chi connectivity index (χ3v) is 6.87. The highest BCUT2D eigenvalue weighted by Crippen LogP contribution is 2.45. The number of aliphatic hydroxyl groups is 1. The van der Waals surface area contributed by atoms with Gasteiger partial charge < -0.3 is 19.7 Å². The van der Waals surface area contributed by atoms with Gasteiger partial charge >= 0.3 is 0 Å². The highest BCUT2D eigenvalue weighted by molar-refractivity contribution is 5.85. The molecule has 3 aliphatic rings. The van der Waals surface area contributed by atoms with Gasteiger partial charge in [-0.15, -0.1) is 0 Å². The third-order valence-electron chi connectivity index (χ3n) is 6.87.